The topological polar surface area (TPSA) is 113 Å². The summed E-state index contributed by atoms with van der Waals surface area (Å²) in [4.78, 5) is 25.0. The summed E-state index contributed by atoms with van der Waals surface area (Å²) >= 11 is 12.3. The molecular formula is C27H33Cl2F3N4O4S. The Hall–Kier alpha value is -2.28. The molecule has 4 fully saturated rings. The summed E-state index contributed by atoms with van der Waals surface area (Å²) in [5, 5.41) is 1.98. The molecule has 4 aliphatic rings. The first kappa shape index (κ1) is 31.7. The number of hydrogen-bond donors (Lipinski definition) is 2. The molecule has 8 nitrogen and oxygen atoms in total. The molecule has 4 saturated carbocycles. The lowest BCUT2D eigenvalue weighted by molar-refractivity contribution is -0.137. The van der Waals surface area contributed by atoms with Crippen molar-refractivity contribution in [1.29, 1.82) is 0 Å². The van der Waals surface area contributed by atoms with Gasteiger partial charge in [0.1, 0.15) is 0 Å². The molecule has 0 radical (unpaired) electrons. The van der Waals surface area contributed by atoms with Gasteiger partial charge in [0, 0.05) is 19.0 Å². The van der Waals surface area contributed by atoms with Gasteiger partial charge < -0.3 is 11.1 Å². The van der Waals surface area contributed by atoms with Crippen LogP contribution in [0, 0.1) is 23.2 Å². The molecule has 2 amide bonds. The van der Waals surface area contributed by atoms with Crippen molar-refractivity contribution in [3.05, 3.63) is 53.1 Å². The van der Waals surface area contributed by atoms with E-state index in [1.165, 1.54) is 12.2 Å². The highest BCUT2D eigenvalue weighted by Crippen LogP contribution is 2.61. The Balaban J connectivity index is 1.55. The average molecular weight is 638 g/mol. The maximum Gasteiger partial charge on any atom is 0.416 e. The van der Waals surface area contributed by atoms with Gasteiger partial charge in [-0.05, 0) is 67.4 Å². The van der Waals surface area contributed by atoms with Crippen molar-refractivity contribution in [3.8, 4) is 0 Å². The van der Waals surface area contributed by atoms with Crippen LogP contribution in [0.5, 0.6) is 0 Å². The number of nitrogens with zero attached hydrogens (tertiary/aromatic N) is 2. The minimum absolute atomic E-state index is 0.132. The number of benzene rings is 1. The number of hydrogen-bond acceptors (Lipinski definition) is 4. The number of halogens is 5. The summed E-state index contributed by atoms with van der Waals surface area (Å²) in [6, 6.07) is 1.03. The molecule has 0 aliphatic heterocycles. The standard InChI is InChI=1S/C27H33Cl2F3N4O4S/c1-3-5-35(41(39,40)36(6-4-2)25-20(28)9-19(10-21(25)29)27(30,31)32)15-23(38)34-24-17-7-16-8-18(24)13-26(11-16,12-17)14-22(33)37/h3-4,9-10,16-18,24H,1-2,5-8,11-15H2,(H2,33,37)(H,34,38). The van der Waals surface area contributed by atoms with Crippen molar-refractivity contribution in [3.63, 3.8) is 0 Å². The quantitative estimate of drug-likeness (QED) is 0.317. The number of carbonyl (C=O) groups is 2. The second-order valence-corrected chi connectivity index (χ2v) is 14.1. The first-order valence-electron chi connectivity index (χ1n) is 13.2. The van der Waals surface area contributed by atoms with Crippen molar-refractivity contribution in [2.45, 2.75) is 50.7 Å². The summed E-state index contributed by atoms with van der Waals surface area (Å²) < 4.78 is 69.0. The number of anilines is 1. The molecule has 0 aromatic heterocycles. The van der Waals surface area contributed by atoms with E-state index in [1.807, 2.05) is 0 Å². The number of rotatable bonds is 12. The SMILES string of the molecule is C=CCN(CC(=O)NC1C2CC3CC1CC(CC(N)=O)(C3)C2)S(=O)(=O)N(CC=C)c1c(Cl)cc(C(F)(F)F)cc1Cl. The number of nitrogens with two attached hydrogens (primary N) is 1. The highest BCUT2D eigenvalue weighted by atomic mass is 35.5. The second kappa shape index (κ2) is 11.8. The largest absolute Gasteiger partial charge is 0.416 e. The van der Waals surface area contributed by atoms with Crippen molar-refractivity contribution in [2.75, 3.05) is 23.9 Å². The van der Waals surface area contributed by atoms with Crippen molar-refractivity contribution in [2.24, 2.45) is 28.9 Å². The van der Waals surface area contributed by atoms with Crippen LogP contribution < -0.4 is 15.4 Å². The molecule has 1 aromatic rings. The lowest BCUT2D eigenvalue weighted by Gasteiger charge is -2.60. The first-order valence-corrected chi connectivity index (χ1v) is 15.4. The normalized spacial score (nSPS) is 27.1. The van der Waals surface area contributed by atoms with Gasteiger partial charge in [-0.3, -0.25) is 13.9 Å². The van der Waals surface area contributed by atoms with E-state index in [2.05, 4.69) is 18.5 Å². The lowest BCUT2D eigenvalue weighted by atomic mass is 9.47. The van der Waals surface area contributed by atoms with Crippen LogP contribution in [0.2, 0.25) is 10.0 Å². The van der Waals surface area contributed by atoms with Gasteiger partial charge in [-0.15, -0.1) is 13.2 Å². The molecule has 41 heavy (non-hydrogen) atoms. The van der Waals surface area contributed by atoms with E-state index < -0.39 is 44.4 Å². The van der Waals surface area contributed by atoms with Crippen LogP contribution in [0.25, 0.3) is 0 Å². The minimum atomic E-state index is -4.75. The number of carbonyl (C=O) groups excluding carboxylic acids is 2. The predicted molar refractivity (Wildman–Crippen MR) is 151 cm³/mol. The highest BCUT2D eigenvalue weighted by molar-refractivity contribution is 7.90. The zero-order chi connectivity index (χ0) is 30.3. The molecule has 1 aromatic carbocycles. The van der Waals surface area contributed by atoms with E-state index in [0.717, 1.165) is 40.7 Å². The maximum absolute atomic E-state index is 13.8. The van der Waals surface area contributed by atoms with Gasteiger partial charge in [0.2, 0.25) is 11.8 Å². The van der Waals surface area contributed by atoms with Crippen molar-refractivity contribution >= 4 is 50.9 Å². The fraction of sp³-hybridized carbons (Fsp3) is 0.556. The number of amides is 2. The Morgan fingerprint density at radius 3 is 2.12 bits per heavy atom. The molecule has 2 atom stereocenters. The molecule has 4 aliphatic carbocycles. The number of alkyl halides is 3. The molecule has 5 rings (SSSR count). The van der Waals surface area contributed by atoms with Gasteiger partial charge in [-0.25, -0.2) is 0 Å². The third kappa shape index (κ3) is 6.55. The van der Waals surface area contributed by atoms with Crippen LogP contribution in [0.3, 0.4) is 0 Å². The molecule has 0 heterocycles. The summed E-state index contributed by atoms with van der Waals surface area (Å²) in [6.07, 6.45) is 2.47. The summed E-state index contributed by atoms with van der Waals surface area (Å²) in [5.74, 6) is -0.0504. The molecule has 3 N–H and O–H groups in total. The van der Waals surface area contributed by atoms with E-state index in [-0.39, 0.29) is 48.0 Å². The molecule has 14 heteroatoms. The van der Waals surface area contributed by atoms with Crippen LogP contribution in [-0.2, 0) is 26.0 Å². The van der Waals surface area contributed by atoms with Crippen LogP contribution in [0.1, 0.15) is 44.1 Å². The van der Waals surface area contributed by atoms with Crippen molar-refractivity contribution < 1.29 is 31.2 Å². The van der Waals surface area contributed by atoms with E-state index in [4.69, 9.17) is 28.9 Å². The lowest BCUT2D eigenvalue weighted by Crippen LogP contribution is -2.60. The van der Waals surface area contributed by atoms with Gasteiger partial charge >= 0.3 is 16.4 Å². The molecule has 0 saturated heterocycles. The van der Waals surface area contributed by atoms with Gasteiger partial charge in [0.25, 0.3) is 0 Å². The molecule has 4 bridgehead atoms. The van der Waals surface area contributed by atoms with Gasteiger partial charge in [-0.2, -0.15) is 25.9 Å². The van der Waals surface area contributed by atoms with Crippen LogP contribution in [0.4, 0.5) is 18.9 Å². The fourth-order valence-electron chi connectivity index (χ4n) is 7.32. The molecular weight excluding hydrogens is 604 g/mol. The minimum Gasteiger partial charge on any atom is -0.370 e. The van der Waals surface area contributed by atoms with E-state index in [0.29, 0.717) is 24.5 Å². The fourth-order valence-corrected chi connectivity index (χ4v) is 9.68. The predicted octanol–water partition coefficient (Wildman–Crippen LogP) is 4.92. The molecule has 0 spiro atoms. The van der Waals surface area contributed by atoms with Gasteiger partial charge in [0.05, 0.1) is 34.4 Å². The van der Waals surface area contributed by atoms with Crippen LogP contribution in [-0.4, -0.2) is 50.2 Å². The molecule has 2 unspecified atom stereocenters. The average Bonchev–Trinajstić information content (AvgIpc) is 2.83. The first-order chi connectivity index (χ1) is 19.1. The van der Waals surface area contributed by atoms with Crippen LogP contribution in [0.15, 0.2) is 37.4 Å². The Labute approximate surface area is 247 Å². The smallest absolute Gasteiger partial charge is 0.370 e. The van der Waals surface area contributed by atoms with E-state index >= 15 is 0 Å². The zero-order valence-electron chi connectivity index (χ0n) is 22.3. The Morgan fingerprint density at radius 1 is 1.07 bits per heavy atom. The third-order valence-electron chi connectivity index (χ3n) is 8.42. The zero-order valence-corrected chi connectivity index (χ0v) is 24.6. The number of primary amides is 1. The Bertz CT molecular complexity index is 1300. The summed E-state index contributed by atoms with van der Waals surface area (Å²) in [5.41, 5.74) is 3.90. The highest BCUT2D eigenvalue weighted by Gasteiger charge is 2.56. The second-order valence-electron chi connectivity index (χ2n) is 11.4. The van der Waals surface area contributed by atoms with E-state index in [1.54, 1.807) is 0 Å². The van der Waals surface area contributed by atoms with Gasteiger partial charge in [0.15, 0.2) is 0 Å². The molecule has 226 valence electrons. The van der Waals surface area contributed by atoms with Gasteiger partial charge in [-0.1, -0.05) is 35.4 Å². The third-order valence-corrected chi connectivity index (χ3v) is 10.8. The summed E-state index contributed by atoms with van der Waals surface area (Å²) in [7, 11) is -4.55. The maximum atomic E-state index is 13.8. The summed E-state index contributed by atoms with van der Waals surface area (Å²) in [6.45, 7) is 5.93. The Morgan fingerprint density at radius 2 is 1.63 bits per heavy atom. The van der Waals surface area contributed by atoms with Crippen molar-refractivity contribution in [1.82, 2.24) is 9.62 Å². The van der Waals surface area contributed by atoms with Crippen LogP contribution >= 0.6 is 23.2 Å². The number of nitrogens with one attached hydrogen (secondary N) is 1. The Kier molecular flexibility index (Phi) is 9.09. The van der Waals surface area contributed by atoms with E-state index in [9.17, 15) is 31.2 Å². The monoisotopic (exact) mass is 636 g/mol.